The molecule has 0 aliphatic rings. The third-order valence-electron chi connectivity index (χ3n) is 2.93. The molecule has 0 spiro atoms. The summed E-state index contributed by atoms with van der Waals surface area (Å²) in [5.41, 5.74) is 3.38. The first-order valence-corrected chi connectivity index (χ1v) is 7.36. The maximum absolute atomic E-state index is 10.6. The van der Waals surface area contributed by atoms with Crippen LogP contribution < -0.4 is 14.9 Å². The average Bonchev–Trinajstić information content (AvgIpc) is 2.62. The van der Waals surface area contributed by atoms with Gasteiger partial charge in [0, 0.05) is 6.07 Å². The summed E-state index contributed by atoms with van der Waals surface area (Å²) in [6, 6.07) is 8.12. The van der Waals surface area contributed by atoms with Gasteiger partial charge in [0.25, 0.3) is 5.69 Å². The molecule has 128 valence electrons. The third-order valence-corrected chi connectivity index (χ3v) is 2.93. The van der Waals surface area contributed by atoms with Crippen molar-refractivity contribution in [2.75, 3.05) is 18.6 Å². The van der Waals surface area contributed by atoms with Crippen molar-refractivity contribution in [3.8, 4) is 23.8 Å². The number of hydrogen-bond acceptors (Lipinski definition) is 7. The highest BCUT2D eigenvalue weighted by Gasteiger charge is 2.06. The van der Waals surface area contributed by atoms with E-state index in [-0.39, 0.29) is 12.3 Å². The van der Waals surface area contributed by atoms with Gasteiger partial charge in [0.2, 0.25) is 0 Å². The number of hydrogen-bond donors (Lipinski definition) is 1. The lowest BCUT2D eigenvalue weighted by molar-refractivity contribution is -0.385. The molecule has 25 heavy (non-hydrogen) atoms. The molecule has 1 aromatic heterocycles. The van der Waals surface area contributed by atoms with E-state index in [2.05, 4.69) is 21.4 Å². The second kappa shape index (κ2) is 8.88. The van der Waals surface area contributed by atoms with Gasteiger partial charge >= 0.3 is 0 Å². The van der Waals surface area contributed by atoms with Crippen molar-refractivity contribution in [2.45, 2.75) is 6.92 Å². The smallest absolute Gasteiger partial charge is 0.287 e. The van der Waals surface area contributed by atoms with Crippen LogP contribution in [-0.2, 0) is 0 Å². The van der Waals surface area contributed by atoms with Crippen LogP contribution >= 0.6 is 0 Å². The molecule has 0 aliphatic carbocycles. The zero-order valence-corrected chi connectivity index (χ0v) is 13.5. The summed E-state index contributed by atoms with van der Waals surface area (Å²) in [5.74, 6) is 3.91. The minimum atomic E-state index is -0.515. The van der Waals surface area contributed by atoms with Gasteiger partial charge in [-0.15, -0.1) is 6.42 Å². The third kappa shape index (κ3) is 5.21. The molecule has 0 saturated carbocycles. The van der Waals surface area contributed by atoms with Crippen LogP contribution in [0.2, 0.25) is 0 Å². The Hall–Kier alpha value is -3.60. The van der Waals surface area contributed by atoms with Gasteiger partial charge in [-0.05, 0) is 36.8 Å². The number of anilines is 1. The van der Waals surface area contributed by atoms with E-state index in [1.54, 1.807) is 24.4 Å². The summed E-state index contributed by atoms with van der Waals surface area (Å²) < 4.78 is 10.9. The van der Waals surface area contributed by atoms with E-state index in [0.717, 1.165) is 11.8 Å². The second-order valence-electron chi connectivity index (χ2n) is 4.66. The van der Waals surface area contributed by atoms with Crippen LogP contribution in [0.5, 0.6) is 11.5 Å². The van der Waals surface area contributed by atoms with Gasteiger partial charge in [-0.1, -0.05) is 5.92 Å². The van der Waals surface area contributed by atoms with Crippen molar-refractivity contribution in [1.29, 1.82) is 0 Å². The van der Waals surface area contributed by atoms with Gasteiger partial charge in [-0.2, -0.15) is 5.10 Å². The molecule has 0 aliphatic heterocycles. The number of hydrazone groups is 1. The van der Waals surface area contributed by atoms with E-state index >= 15 is 0 Å². The van der Waals surface area contributed by atoms with Gasteiger partial charge in [-0.25, -0.2) is 4.98 Å². The molecule has 0 radical (unpaired) electrons. The lowest BCUT2D eigenvalue weighted by Gasteiger charge is -2.10. The summed E-state index contributed by atoms with van der Waals surface area (Å²) in [5, 5.41) is 14.6. The van der Waals surface area contributed by atoms with Crippen molar-refractivity contribution < 1.29 is 14.4 Å². The van der Waals surface area contributed by atoms with Gasteiger partial charge in [0.1, 0.15) is 18.6 Å². The van der Waals surface area contributed by atoms with Crippen LogP contribution in [-0.4, -0.2) is 29.3 Å². The fourth-order valence-electron chi connectivity index (χ4n) is 1.85. The number of terminal acetylenes is 1. The molecule has 2 rings (SSSR count). The van der Waals surface area contributed by atoms with E-state index in [1.807, 2.05) is 6.92 Å². The number of aromatic nitrogens is 1. The normalized spacial score (nSPS) is 10.2. The number of ether oxygens (including phenoxy) is 2. The molecule has 0 unspecified atom stereocenters. The Morgan fingerprint density at radius 2 is 2.20 bits per heavy atom. The van der Waals surface area contributed by atoms with Crippen LogP contribution in [0.3, 0.4) is 0 Å². The maximum atomic E-state index is 10.6. The number of pyridine rings is 1. The summed E-state index contributed by atoms with van der Waals surface area (Å²) >= 11 is 0. The maximum Gasteiger partial charge on any atom is 0.287 e. The van der Waals surface area contributed by atoms with E-state index in [0.29, 0.717) is 23.9 Å². The standard InChI is InChI=1S/C17H16N4O4/c1-3-9-25-15-7-5-13(10-16(15)24-4-2)11-19-20-17-8-6-14(12-18-17)21(22)23/h1,5-8,10-12H,4,9H2,2H3,(H,18,20)/b19-11+. The Kier molecular flexibility index (Phi) is 6.31. The van der Waals surface area contributed by atoms with Gasteiger partial charge < -0.3 is 9.47 Å². The number of benzene rings is 1. The van der Waals surface area contributed by atoms with E-state index in [9.17, 15) is 10.1 Å². The molecule has 0 fully saturated rings. The molecule has 0 saturated heterocycles. The first-order valence-electron chi connectivity index (χ1n) is 7.36. The molecule has 1 N–H and O–H groups in total. The Morgan fingerprint density at radius 3 is 2.84 bits per heavy atom. The largest absolute Gasteiger partial charge is 0.490 e. The minimum absolute atomic E-state index is 0.0848. The topological polar surface area (TPSA) is 98.9 Å². The van der Waals surface area contributed by atoms with Crippen LogP contribution in [0.1, 0.15) is 12.5 Å². The van der Waals surface area contributed by atoms with Crippen molar-refractivity contribution >= 4 is 17.7 Å². The number of nitrogens with one attached hydrogen (secondary N) is 1. The van der Waals surface area contributed by atoms with Gasteiger partial charge in [-0.3, -0.25) is 15.5 Å². The highest BCUT2D eigenvalue weighted by Crippen LogP contribution is 2.28. The predicted octanol–water partition coefficient (Wildman–Crippen LogP) is 2.85. The van der Waals surface area contributed by atoms with Crippen molar-refractivity contribution in [3.63, 3.8) is 0 Å². The van der Waals surface area contributed by atoms with Crippen LogP contribution in [0.25, 0.3) is 0 Å². The molecule has 0 amide bonds. The second-order valence-corrected chi connectivity index (χ2v) is 4.66. The highest BCUT2D eigenvalue weighted by atomic mass is 16.6. The molecular weight excluding hydrogens is 324 g/mol. The van der Waals surface area contributed by atoms with Crippen molar-refractivity contribution in [2.24, 2.45) is 5.10 Å². The molecule has 8 heteroatoms. The predicted molar refractivity (Wildman–Crippen MR) is 94.0 cm³/mol. The van der Waals surface area contributed by atoms with Gasteiger partial charge in [0.15, 0.2) is 11.5 Å². The first kappa shape index (κ1) is 17.7. The number of nitro groups is 1. The zero-order chi connectivity index (χ0) is 18.1. The lowest BCUT2D eigenvalue weighted by Crippen LogP contribution is -2.00. The SMILES string of the molecule is C#CCOc1ccc(/C=N/Nc2ccc([N+](=O)[O-])cn2)cc1OCC. The van der Waals surface area contributed by atoms with E-state index in [1.165, 1.54) is 12.1 Å². The quantitative estimate of drug-likeness (QED) is 0.343. The van der Waals surface area contributed by atoms with E-state index < -0.39 is 4.92 Å². The van der Waals surface area contributed by atoms with Crippen molar-refractivity contribution in [3.05, 3.63) is 52.2 Å². The summed E-state index contributed by atoms with van der Waals surface area (Å²) in [6.07, 6.45) is 7.91. The molecule has 0 atom stereocenters. The fraction of sp³-hybridized carbons (Fsp3) is 0.176. The summed E-state index contributed by atoms with van der Waals surface area (Å²) in [6.45, 7) is 2.51. The first-order chi connectivity index (χ1) is 12.1. The van der Waals surface area contributed by atoms with Crippen LogP contribution in [0.4, 0.5) is 11.5 Å². The minimum Gasteiger partial charge on any atom is -0.490 e. The number of rotatable bonds is 8. The van der Waals surface area contributed by atoms with Crippen LogP contribution in [0.15, 0.2) is 41.6 Å². The summed E-state index contributed by atoms with van der Waals surface area (Å²) in [4.78, 5) is 14.0. The summed E-state index contributed by atoms with van der Waals surface area (Å²) in [7, 11) is 0. The fourth-order valence-corrected chi connectivity index (χ4v) is 1.85. The monoisotopic (exact) mass is 340 g/mol. The molecule has 8 nitrogen and oxygen atoms in total. The van der Waals surface area contributed by atoms with Crippen molar-refractivity contribution in [1.82, 2.24) is 4.98 Å². The molecular formula is C17H16N4O4. The Balaban J connectivity index is 2.05. The van der Waals surface area contributed by atoms with Crippen LogP contribution in [0, 0.1) is 22.5 Å². The van der Waals surface area contributed by atoms with Gasteiger partial charge in [0.05, 0.1) is 17.7 Å². The highest BCUT2D eigenvalue weighted by molar-refractivity contribution is 5.81. The molecule has 2 aromatic rings. The average molecular weight is 340 g/mol. The Morgan fingerprint density at radius 1 is 1.36 bits per heavy atom. The Bertz CT molecular complexity index is 797. The molecule has 1 heterocycles. The molecule has 1 aromatic carbocycles. The number of nitrogens with zero attached hydrogens (tertiary/aromatic N) is 3. The lowest BCUT2D eigenvalue weighted by atomic mass is 10.2. The van der Waals surface area contributed by atoms with E-state index in [4.69, 9.17) is 15.9 Å². The molecule has 0 bridgehead atoms. The zero-order valence-electron chi connectivity index (χ0n) is 13.5. The Labute approximate surface area is 144 Å².